The van der Waals surface area contributed by atoms with Gasteiger partial charge in [-0.1, -0.05) is 0 Å². The van der Waals surface area contributed by atoms with Gasteiger partial charge in [-0.25, -0.2) is 4.79 Å². The van der Waals surface area contributed by atoms with Crippen LogP contribution in [0.3, 0.4) is 0 Å². The maximum absolute atomic E-state index is 10.7. The molecule has 0 radical (unpaired) electrons. The van der Waals surface area contributed by atoms with Gasteiger partial charge < -0.3 is 1.43 Å². The molecule has 2 N–H and O–H groups in total. The number of benzene rings is 1. The molecule has 0 saturated carbocycles. The van der Waals surface area contributed by atoms with Gasteiger partial charge in [0, 0.05) is 0 Å². The molecule has 1 aromatic carbocycles. The van der Waals surface area contributed by atoms with Crippen molar-refractivity contribution in [1.29, 1.82) is 0 Å². The molecule has 6 nitrogen and oxygen atoms in total. The zero-order valence-corrected chi connectivity index (χ0v) is 11.7. The van der Waals surface area contributed by atoms with E-state index >= 15 is 0 Å². The molecule has 15 heavy (non-hydrogen) atoms. The van der Waals surface area contributed by atoms with Crippen LogP contribution in [-0.2, 0) is 15.0 Å². The molecule has 8 heteroatoms. The Morgan fingerprint density at radius 1 is 1.27 bits per heavy atom. The summed E-state index contributed by atoms with van der Waals surface area (Å²) in [5.41, 5.74) is -0.0279. The van der Waals surface area contributed by atoms with Crippen LogP contribution < -0.4 is 51.4 Å². The minimum atomic E-state index is -4.27. The molecule has 0 aliphatic heterocycles. The fraction of sp³-hybridized carbons (Fsp3) is 0. The summed E-state index contributed by atoms with van der Waals surface area (Å²) in [6.07, 6.45) is 0. The van der Waals surface area contributed by atoms with E-state index in [2.05, 4.69) is 4.89 Å². The first-order chi connectivity index (χ1) is 6.45. The molecule has 0 spiro atoms. The third-order valence-corrected chi connectivity index (χ3v) is 2.34. The van der Waals surface area contributed by atoms with Gasteiger partial charge in [-0.3, -0.25) is 9.44 Å². The quantitative estimate of drug-likeness (QED) is 0.267. The van der Waals surface area contributed by atoms with Gasteiger partial charge >= 0.3 is 57.4 Å². The summed E-state index contributed by atoms with van der Waals surface area (Å²) >= 11 is 0. The van der Waals surface area contributed by atoms with E-state index in [1.54, 1.807) is 0 Å². The van der Waals surface area contributed by atoms with Gasteiger partial charge in [-0.05, 0) is 24.3 Å². The number of carbonyl (C=O) groups is 1. The molecule has 0 aliphatic carbocycles. The molecule has 0 saturated heterocycles. The molecule has 0 bridgehead atoms. The Bertz CT molecular complexity index is 442. The van der Waals surface area contributed by atoms with E-state index in [9.17, 15) is 13.2 Å². The van der Waals surface area contributed by atoms with Crippen molar-refractivity contribution in [3.05, 3.63) is 29.8 Å². The van der Waals surface area contributed by atoms with Crippen LogP contribution in [0, 0.1) is 0 Å². The van der Waals surface area contributed by atoms with Gasteiger partial charge in [-0.2, -0.15) is 13.7 Å². The Morgan fingerprint density at radius 3 is 2.07 bits per heavy atom. The van der Waals surface area contributed by atoms with E-state index in [0.717, 1.165) is 24.3 Å². The first-order valence-corrected chi connectivity index (χ1v) is 4.82. The fourth-order valence-corrected chi connectivity index (χ4v) is 1.30. The van der Waals surface area contributed by atoms with Crippen LogP contribution in [0.5, 0.6) is 0 Å². The maximum atomic E-state index is 10.7. The van der Waals surface area contributed by atoms with Crippen LogP contribution in [-0.4, -0.2) is 24.2 Å². The van der Waals surface area contributed by atoms with Crippen molar-refractivity contribution >= 4 is 16.1 Å². The molecule has 0 atom stereocenters. The molecule has 0 heterocycles. The first kappa shape index (κ1) is 15.2. The summed E-state index contributed by atoms with van der Waals surface area (Å²) in [6, 6.07) is 4.23. The van der Waals surface area contributed by atoms with Crippen LogP contribution >= 0.6 is 0 Å². The van der Waals surface area contributed by atoms with Crippen LogP contribution in [0.25, 0.3) is 0 Å². The number of hydrogen-bond donors (Lipinski definition) is 2. The number of rotatable bonds is 2. The minimum absolute atomic E-state index is 0. The average Bonchev–Trinajstić information content (AvgIpc) is 2.15. The molecule has 0 aromatic heterocycles. The molecule has 1 aromatic rings. The predicted molar refractivity (Wildman–Crippen MR) is 45.4 cm³/mol. The van der Waals surface area contributed by atoms with Crippen LogP contribution in [0.4, 0.5) is 0 Å². The average molecular weight is 258 g/mol. The van der Waals surface area contributed by atoms with Crippen molar-refractivity contribution in [2.75, 3.05) is 0 Å². The van der Waals surface area contributed by atoms with Crippen LogP contribution in [0.15, 0.2) is 29.2 Å². The standard InChI is InChI=1S/C7H6O6S.K.H/c8-7(13-9)5-1-3-6(4-2-5)14(10,11)12;;/h1-4,9H,(H,10,11,12);;/q;+1;-1. The molecule has 78 valence electrons. The zero-order valence-electron chi connectivity index (χ0n) is 8.75. The molecule has 0 aliphatic rings. The Morgan fingerprint density at radius 2 is 1.73 bits per heavy atom. The summed E-state index contributed by atoms with van der Waals surface area (Å²) in [5.74, 6) is -1.01. The summed E-state index contributed by atoms with van der Waals surface area (Å²) in [6.45, 7) is 0. The largest absolute Gasteiger partial charge is 1.00 e. The van der Waals surface area contributed by atoms with Gasteiger partial charge in [0.25, 0.3) is 10.1 Å². The monoisotopic (exact) mass is 258 g/mol. The fourth-order valence-electron chi connectivity index (χ4n) is 0.816. The molecule has 0 amide bonds. The Hall–Kier alpha value is 0.196. The molecule has 1 rings (SSSR count). The first-order valence-electron chi connectivity index (χ1n) is 3.38. The number of hydrogen-bond acceptors (Lipinski definition) is 5. The van der Waals surface area contributed by atoms with Gasteiger partial charge in [0.15, 0.2) is 0 Å². The van der Waals surface area contributed by atoms with E-state index in [1.807, 2.05) is 0 Å². The van der Waals surface area contributed by atoms with E-state index < -0.39 is 16.1 Å². The van der Waals surface area contributed by atoms with E-state index in [0.29, 0.717) is 0 Å². The van der Waals surface area contributed by atoms with Crippen LogP contribution in [0.1, 0.15) is 11.8 Å². The number of carbonyl (C=O) groups excluding carboxylic acids is 1. The summed E-state index contributed by atoms with van der Waals surface area (Å²) in [7, 11) is -4.27. The molecular formula is C7H7KO6S. The summed E-state index contributed by atoms with van der Waals surface area (Å²) < 4.78 is 29.7. The van der Waals surface area contributed by atoms with Crippen LogP contribution in [0.2, 0.25) is 0 Å². The second kappa shape index (κ2) is 6.06. The normalized spacial score (nSPS) is 10.3. The van der Waals surface area contributed by atoms with E-state index in [1.165, 1.54) is 0 Å². The molecular weight excluding hydrogens is 251 g/mol. The zero-order chi connectivity index (χ0) is 10.8. The molecule has 0 unspecified atom stereocenters. The second-order valence-corrected chi connectivity index (χ2v) is 3.80. The van der Waals surface area contributed by atoms with E-state index in [4.69, 9.17) is 9.81 Å². The molecule has 0 fully saturated rings. The second-order valence-electron chi connectivity index (χ2n) is 2.38. The predicted octanol–water partition coefficient (Wildman–Crippen LogP) is -2.32. The third-order valence-electron chi connectivity index (χ3n) is 1.47. The van der Waals surface area contributed by atoms with Crippen molar-refractivity contribution in [2.45, 2.75) is 4.90 Å². The van der Waals surface area contributed by atoms with Crippen molar-refractivity contribution in [2.24, 2.45) is 0 Å². The third kappa shape index (κ3) is 4.29. The smallest absolute Gasteiger partial charge is 1.00 e. The SMILES string of the molecule is O=C(OO)c1ccc(S(=O)(=O)O)cc1.[H-].[K+]. The summed E-state index contributed by atoms with van der Waals surface area (Å²) in [4.78, 5) is 13.8. The Kier molecular flexibility index (Phi) is 6.14. The van der Waals surface area contributed by atoms with E-state index in [-0.39, 0.29) is 63.3 Å². The Labute approximate surface area is 130 Å². The summed E-state index contributed by atoms with van der Waals surface area (Å²) in [5, 5.41) is 8.00. The maximum Gasteiger partial charge on any atom is 1.00 e. The van der Waals surface area contributed by atoms with Crippen molar-refractivity contribution in [3.8, 4) is 0 Å². The van der Waals surface area contributed by atoms with Gasteiger partial charge in [0.1, 0.15) is 0 Å². The van der Waals surface area contributed by atoms with Gasteiger partial charge in [0.05, 0.1) is 10.5 Å². The van der Waals surface area contributed by atoms with Gasteiger partial charge in [-0.15, -0.1) is 0 Å². The minimum Gasteiger partial charge on any atom is -1.00 e. The van der Waals surface area contributed by atoms with Crippen molar-refractivity contribution in [1.82, 2.24) is 0 Å². The Balaban J connectivity index is 0. The van der Waals surface area contributed by atoms with Gasteiger partial charge in [0.2, 0.25) is 0 Å². The topological polar surface area (TPSA) is 101 Å². The van der Waals surface area contributed by atoms with Crippen molar-refractivity contribution in [3.63, 3.8) is 0 Å². The van der Waals surface area contributed by atoms with Crippen molar-refractivity contribution < 1.29 is 80.7 Å².